The van der Waals surface area contributed by atoms with Crippen molar-refractivity contribution in [2.75, 3.05) is 44.2 Å². The molecule has 0 unspecified atom stereocenters. The first kappa shape index (κ1) is 14.7. The average molecular weight is 283 g/mol. The molecule has 1 fully saturated rings. The van der Waals surface area contributed by atoms with E-state index in [4.69, 9.17) is 5.73 Å². The first-order valence-corrected chi connectivity index (χ1v) is 8.10. The van der Waals surface area contributed by atoms with E-state index in [1.54, 1.807) is 11.5 Å². The molecule has 0 bridgehead atoms. The Morgan fingerprint density at radius 3 is 2.95 bits per heavy atom. The van der Waals surface area contributed by atoms with E-state index in [2.05, 4.69) is 26.1 Å². The van der Waals surface area contributed by atoms with Crippen LogP contribution in [-0.4, -0.2) is 53.5 Å². The zero-order chi connectivity index (χ0) is 13.5. The maximum atomic E-state index is 5.58. The van der Waals surface area contributed by atoms with Crippen LogP contribution in [0.4, 0.5) is 5.13 Å². The SMILES string of the molecule is CCCc1nsc(N2CCCN(CCCN)CC2)n1. The summed E-state index contributed by atoms with van der Waals surface area (Å²) in [5.74, 6) is 1.01. The molecule has 5 nitrogen and oxygen atoms in total. The van der Waals surface area contributed by atoms with Crippen molar-refractivity contribution in [3.63, 3.8) is 0 Å². The fraction of sp³-hybridized carbons (Fsp3) is 0.846. The normalized spacial score (nSPS) is 17.7. The lowest BCUT2D eigenvalue weighted by atomic mass is 10.3. The van der Waals surface area contributed by atoms with E-state index < -0.39 is 0 Å². The molecule has 6 heteroatoms. The van der Waals surface area contributed by atoms with Crippen molar-refractivity contribution in [2.24, 2.45) is 5.73 Å². The Hall–Kier alpha value is -0.720. The van der Waals surface area contributed by atoms with E-state index in [0.29, 0.717) is 0 Å². The Labute approximate surface area is 120 Å². The van der Waals surface area contributed by atoms with Gasteiger partial charge in [0.2, 0.25) is 5.13 Å². The second-order valence-corrected chi connectivity index (χ2v) is 5.80. The van der Waals surface area contributed by atoms with Crippen molar-refractivity contribution in [3.05, 3.63) is 5.82 Å². The fourth-order valence-electron chi connectivity index (χ4n) is 2.40. The number of aryl methyl sites for hydroxylation is 1. The molecule has 108 valence electrons. The summed E-state index contributed by atoms with van der Waals surface area (Å²) in [7, 11) is 0. The van der Waals surface area contributed by atoms with Gasteiger partial charge in [0.1, 0.15) is 5.82 Å². The highest BCUT2D eigenvalue weighted by Crippen LogP contribution is 2.19. The second kappa shape index (κ2) is 7.77. The highest BCUT2D eigenvalue weighted by Gasteiger charge is 2.17. The first-order valence-electron chi connectivity index (χ1n) is 7.33. The van der Waals surface area contributed by atoms with Crippen molar-refractivity contribution >= 4 is 16.7 Å². The third-order valence-electron chi connectivity index (χ3n) is 3.47. The van der Waals surface area contributed by atoms with Crippen LogP contribution in [0, 0.1) is 0 Å². The van der Waals surface area contributed by atoms with Crippen LogP contribution in [0.2, 0.25) is 0 Å². The molecule has 2 N–H and O–H groups in total. The van der Waals surface area contributed by atoms with Crippen LogP contribution in [0.15, 0.2) is 0 Å². The molecule has 0 atom stereocenters. The standard InChI is InChI=1S/C13H25N5S/c1-2-5-12-15-13(19-16-12)18-9-4-8-17(10-11-18)7-3-6-14/h2-11,14H2,1H3. The van der Waals surface area contributed by atoms with Gasteiger partial charge in [0.15, 0.2) is 0 Å². The lowest BCUT2D eigenvalue weighted by molar-refractivity contribution is 0.291. The highest BCUT2D eigenvalue weighted by molar-refractivity contribution is 7.09. The van der Waals surface area contributed by atoms with Gasteiger partial charge in [-0.25, -0.2) is 4.98 Å². The van der Waals surface area contributed by atoms with Gasteiger partial charge in [0, 0.05) is 37.6 Å². The lowest BCUT2D eigenvalue weighted by Crippen LogP contribution is -2.32. The largest absolute Gasteiger partial charge is 0.346 e. The number of nitrogens with two attached hydrogens (primary N) is 1. The summed E-state index contributed by atoms with van der Waals surface area (Å²) in [4.78, 5) is 9.55. The summed E-state index contributed by atoms with van der Waals surface area (Å²) in [5.41, 5.74) is 5.58. The van der Waals surface area contributed by atoms with Gasteiger partial charge in [-0.3, -0.25) is 0 Å². The van der Waals surface area contributed by atoms with Gasteiger partial charge in [-0.05, 0) is 38.9 Å². The number of nitrogens with zero attached hydrogens (tertiary/aromatic N) is 4. The van der Waals surface area contributed by atoms with Crippen molar-refractivity contribution < 1.29 is 0 Å². The number of aromatic nitrogens is 2. The first-order chi connectivity index (χ1) is 9.33. The van der Waals surface area contributed by atoms with Gasteiger partial charge in [0.25, 0.3) is 0 Å². The third kappa shape index (κ3) is 4.40. The molecule has 0 aliphatic carbocycles. The molecular formula is C13H25N5S. The predicted octanol–water partition coefficient (Wildman–Crippen LogP) is 1.35. The fourth-order valence-corrected chi connectivity index (χ4v) is 3.16. The number of hydrogen-bond acceptors (Lipinski definition) is 6. The summed E-state index contributed by atoms with van der Waals surface area (Å²) in [6, 6.07) is 0. The molecule has 1 aromatic rings. The Morgan fingerprint density at radius 2 is 2.16 bits per heavy atom. The van der Waals surface area contributed by atoms with Gasteiger partial charge in [0.05, 0.1) is 0 Å². The molecule has 0 radical (unpaired) electrons. The molecule has 1 aromatic heterocycles. The summed E-state index contributed by atoms with van der Waals surface area (Å²) in [5, 5.41) is 1.10. The molecule has 19 heavy (non-hydrogen) atoms. The van der Waals surface area contributed by atoms with Crippen molar-refractivity contribution in [3.8, 4) is 0 Å². The van der Waals surface area contributed by atoms with Crippen molar-refractivity contribution in [1.82, 2.24) is 14.3 Å². The molecule has 1 saturated heterocycles. The van der Waals surface area contributed by atoms with Crippen LogP contribution in [0.5, 0.6) is 0 Å². The van der Waals surface area contributed by atoms with E-state index in [1.165, 1.54) is 13.0 Å². The Balaban J connectivity index is 1.87. The van der Waals surface area contributed by atoms with Gasteiger partial charge in [-0.1, -0.05) is 6.92 Å². The average Bonchev–Trinajstić information content (AvgIpc) is 2.75. The van der Waals surface area contributed by atoms with Crippen molar-refractivity contribution in [1.29, 1.82) is 0 Å². The van der Waals surface area contributed by atoms with E-state index in [1.807, 2.05) is 0 Å². The van der Waals surface area contributed by atoms with E-state index >= 15 is 0 Å². The summed E-state index contributed by atoms with van der Waals surface area (Å²) < 4.78 is 4.44. The molecule has 2 heterocycles. The molecule has 2 rings (SSSR count). The molecule has 0 amide bonds. The molecule has 0 aromatic carbocycles. The van der Waals surface area contributed by atoms with E-state index in [0.717, 1.165) is 62.9 Å². The number of rotatable bonds is 6. The Kier molecular flexibility index (Phi) is 6.00. The molecule has 0 saturated carbocycles. The Bertz CT molecular complexity index is 368. The molecule has 0 spiro atoms. The summed E-state index contributed by atoms with van der Waals surface area (Å²) in [6.45, 7) is 8.53. The van der Waals surface area contributed by atoms with E-state index in [9.17, 15) is 0 Å². The van der Waals surface area contributed by atoms with Gasteiger partial charge < -0.3 is 15.5 Å². The molecule has 1 aliphatic rings. The minimum atomic E-state index is 0.789. The topological polar surface area (TPSA) is 58.3 Å². The quantitative estimate of drug-likeness (QED) is 0.854. The molecular weight excluding hydrogens is 258 g/mol. The minimum Gasteiger partial charge on any atom is -0.346 e. The van der Waals surface area contributed by atoms with Crippen molar-refractivity contribution in [2.45, 2.75) is 32.6 Å². The number of anilines is 1. The third-order valence-corrected chi connectivity index (χ3v) is 4.28. The smallest absolute Gasteiger partial charge is 0.205 e. The van der Waals surface area contributed by atoms with Crippen LogP contribution >= 0.6 is 11.5 Å². The van der Waals surface area contributed by atoms with Crippen LogP contribution in [0.3, 0.4) is 0 Å². The van der Waals surface area contributed by atoms with Crippen LogP contribution in [0.1, 0.15) is 32.0 Å². The minimum absolute atomic E-state index is 0.789. The van der Waals surface area contributed by atoms with Gasteiger partial charge in [-0.15, -0.1) is 0 Å². The van der Waals surface area contributed by atoms with E-state index in [-0.39, 0.29) is 0 Å². The van der Waals surface area contributed by atoms with Crippen LogP contribution in [0.25, 0.3) is 0 Å². The maximum absolute atomic E-state index is 5.58. The van der Waals surface area contributed by atoms with Crippen LogP contribution in [-0.2, 0) is 6.42 Å². The van der Waals surface area contributed by atoms with Gasteiger partial charge >= 0.3 is 0 Å². The Morgan fingerprint density at radius 1 is 1.26 bits per heavy atom. The highest BCUT2D eigenvalue weighted by atomic mass is 32.1. The summed E-state index contributed by atoms with van der Waals surface area (Å²) in [6.07, 6.45) is 4.41. The zero-order valence-electron chi connectivity index (χ0n) is 11.8. The zero-order valence-corrected chi connectivity index (χ0v) is 12.7. The maximum Gasteiger partial charge on any atom is 0.205 e. The lowest BCUT2D eigenvalue weighted by Gasteiger charge is -2.20. The van der Waals surface area contributed by atoms with Crippen LogP contribution < -0.4 is 10.6 Å². The predicted molar refractivity (Wildman–Crippen MR) is 80.8 cm³/mol. The summed E-state index contributed by atoms with van der Waals surface area (Å²) >= 11 is 1.55. The van der Waals surface area contributed by atoms with Gasteiger partial charge in [-0.2, -0.15) is 4.37 Å². The second-order valence-electron chi connectivity index (χ2n) is 5.07. The monoisotopic (exact) mass is 283 g/mol. The molecule has 1 aliphatic heterocycles. The number of hydrogen-bond donors (Lipinski definition) is 1.